The molecule has 0 saturated heterocycles. The molecule has 0 bridgehead atoms. The van der Waals surface area contributed by atoms with Gasteiger partial charge in [-0.3, -0.25) is 9.59 Å². The largest absolute Gasteiger partial charge is 0.573 e. The fourth-order valence-corrected chi connectivity index (χ4v) is 1.90. The van der Waals surface area contributed by atoms with Gasteiger partial charge in [0.15, 0.2) is 0 Å². The van der Waals surface area contributed by atoms with Gasteiger partial charge in [0.1, 0.15) is 5.75 Å². The number of hydrogen-bond donors (Lipinski definition) is 2. The molecule has 1 amide bonds. The van der Waals surface area contributed by atoms with Crippen molar-refractivity contribution in [3.63, 3.8) is 0 Å². The Morgan fingerprint density at radius 3 is 2.38 bits per heavy atom. The lowest BCUT2D eigenvalue weighted by Crippen LogP contribution is -2.30. The quantitative estimate of drug-likeness (QED) is 0.670. The zero-order chi connectivity index (χ0) is 18.2. The highest BCUT2D eigenvalue weighted by atomic mass is 19.4. The smallest absolute Gasteiger partial charge is 0.481 e. The average Bonchev–Trinajstić information content (AvgIpc) is 2.45. The monoisotopic (exact) mass is 349 g/mol. The summed E-state index contributed by atoms with van der Waals surface area (Å²) in [6, 6.07) is 3.81. The number of benzene rings is 1. The van der Waals surface area contributed by atoms with E-state index < -0.39 is 36.5 Å². The maximum absolute atomic E-state index is 12.1. The van der Waals surface area contributed by atoms with E-state index in [4.69, 9.17) is 9.84 Å². The van der Waals surface area contributed by atoms with Gasteiger partial charge in [-0.15, -0.1) is 13.2 Å². The third-order valence-electron chi connectivity index (χ3n) is 2.91. The molecule has 1 unspecified atom stereocenters. The van der Waals surface area contributed by atoms with Gasteiger partial charge < -0.3 is 19.9 Å². The van der Waals surface area contributed by atoms with Crippen molar-refractivity contribution < 1.29 is 37.3 Å². The molecule has 0 aliphatic carbocycles. The first kappa shape index (κ1) is 19.8. The number of alkyl halides is 3. The molecule has 1 aromatic carbocycles. The lowest BCUT2D eigenvalue weighted by Gasteiger charge is -2.18. The van der Waals surface area contributed by atoms with Gasteiger partial charge in [-0.05, 0) is 24.6 Å². The van der Waals surface area contributed by atoms with E-state index in [0.29, 0.717) is 12.2 Å². The molecule has 2 N–H and O–H groups in total. The van der Waals surface area contributed by atoms with Crippen LogP contribution in [-0.4, -0.2) is 36.6 Å². The summed E-state index contributed by atoms with van der Waals surface area (Å²) >= 11 is 0. The van der Waals surface area contributed by atoms with E-state index in [1.807, 2.05) is 0 Å². The van der Waals surface area contributed by atoms with Gasteiger partial charge in [-0.25, -0.2) is 0 Å². The average molecular weight is 349 g/mol. The third kappa shape index (κ3) is 7.82. The molecule has 0 aliphatic heterocycles. The van der Waals surface area contributed by atoms with Gasteiger partial charge >= 0.3 is 12.3 Å². The Bertz CT molecular complexity index is 545. The summed E-state index contributed by atoms with van der Waals surface area (Å²) in [7, 11) is 0. The minimum atomic E-state index is -4.81. The molecule has 0 aromatic heterocycles. The van der Waals surface area contributed by atoms with Crippen LogP contribution in [0.4, 0.5) is 13.2 Å². The first-order valence-corrected chi connectivity index (χ1v) is 7.16. The van der Waals surface area contributed by atoms with E-state index in [9.17, 15) is 22.8 Å². The standard InChI is InChI=1S/C15H18F3NO5/c1-2-23-8-7-13(20)19-12(9-14(21)22)10-3-5-11(6-4-10)24-15(16,17)18/h3-6,12H,2,7-9H2,1H3,(H,19,20)(H,21,22). The Labute approximate surface area is 136 Å². The van der Waals surface area contributed by atoms with Crippen molar-refractivity contribution in [3.05, 3.63) is 29.8 Å². The van der Waals surface area contributed by atoms with Crippen molar-refractivity contribution in [2.75, 3.05) is 13.2 Å². The predicted molar refractivity (Wildman–Crippen MR) is 77.4 cm³/mol. The summed E-state index contributed by atoms with van der Waals surface area (Å²) in [6.45, 7) is 2.42. The number of carboxylic acids is 1. The number of carboxylic acid groups (broad SMARTS) is 1. The fourth-order valence-electron chi connectivity index (χ4n) is 1.90. The molecule has 6 nitrogen and oxygen atoms in total. The van der Waals surface area contributed by atoms with Crippen molar-refractivity contribution >= 4 is 11.9 Å². The van der Waals surface area contributed by atoms with Crippen LogP contribution in [0.15, 0.2) is 24.3 Å². The Morgan fingerprint density at radius 2 is 1.88 bits per heavy atom. The second-order valence-electron chi connectivity index (χ2n) is 4.78. The fraction of sp³-hybridized carbons (Fsp3) is 0.467. The first-order valence-electron chi connectivity index (χ1n) is 7.16. The van der Waals surface area contributed by atoms with Crippen LogP contribution in [0.2, 0.25) is 0 Å². The van der Waals surface area contributed by atoms with Gasteiger partial charge in [-0.1, -0.05) is 12.1 Å². The molecule has 1 aromatic rings. The number of amides is 1. The van der Waals surface area contributed by atoms with Crippen molar-refractivity contribution in [3.8, 4) is 5.75 Å². The molecule has 0 spiro atoms. The summed E-state index contributed by atoms with van der Waals surface area (Å²) in [5, 5.41) is 11.5. The van der Waals surface area contributed by atoms with Crippen molar-refractivity contribution in [2.45, 2.75) is 32.2 Å². The van der Waals surface area contributed by atoms with Crippen LogP contribution in [0.25, 0.3) is 0 Å². The summed E-state index contributed by atoms with van der Waals surface area (Å²) in [6.07, 6.45) is -5.16. The summed E-state index contributed by atoms with van der Waals surface area (Å²) < 4.78 is 45.1. The third-order valence-corrected chi connectivity index (χ3v) is 2.91. The van der Waals surface area contributed by atoms with Gasteiger partial charge in [0.25, 0.3) is 0 Å². The van der Waals surface area contributed by atoms with E-state index in [2.05, 4.69) is 10.1 Å². The maximum Gasteiger partial charge on any atom is 0.573 e. The number of carbonyl (C=O) groups is 2. The molecular weight excluding hydrogens is 331 g/mol. The van der Waals surface area contributed by atoms with E-state index in [0.717, 1.165) is 12.1 Å². The van der Waals surface area contributed by atoms with Crippen LogP contribution in [0.5, 0.6) is 5.75 Å². The van der Waals surface area contributed by atoms with Crippen LogP contribution in [-0.2, 0) is 14.3 Å². The molecule has 0 fully saturated rings. The van der Waals surface area contributed by atoms with Crippen LogP contribution in [0.3, 0.4) is 0 Å². The zero-order valence-corrected chi connectivity index (χ0v) is 12.9. The molecule has 1 atom stereocenters. The van der Waals surface area contributed by atoms with Crippen molar-refractivity contribution in [2.24, 2.45) is 0 Å². The number of ether oxygens (including phenoxy) is 2. The number of hydrogen-bond acceptors (Lipinski definition) is 4. The molecule has 0 aliphatic rings. The summed E-state index contributed by atoms with van der Waals surface area (Å²) in [4.78, 5) is 22.7. The van der Waals surface area contributed by atoms with Crippen molar-refractivity contribution in [1.29, 1.82) is 0 Å². The number of aliphatic carboxylic acids is 1. The molecule has 24 heavy (non-hydrogen) atoms. The van der Waals surface area contributed by atoms with Gasteiger partial charge in [0.05, 0.1) is 19.1 Å². The Hall–Kier alpha value is -2.29. The Kier molecular flexibility index (Phi) is 7.50. The summed E-state index contributed by atoms with van der Waals surface area (Å²) in [5.41, 5.74) is 0.358. The molecular formula is C15H18F3NO5. The van der Waals surface area contributed by atoms with Gasteiger partial charge in [0.2, 0.25) is 5.91 Å². The minimum absolute atomic E-state index is 0.0548. The molecule has 0 saturated carbocycles. The lowest BCUT2D eigenvalue weighted by atomic mass is 10.0. The molecule has 1 rings (SSSR count). The highest BCUT2D eigenvalue weighted by Crippen LogP contribution is 2.25. The number of rotatable bonds is 9. The van der Waals surface area contributed by atoms with E-state index >= 15 is 0 Å². The topological polar surface area (TPSA) is 84.9 Å². The highest BCUT2D eigenvalue weighted by Gasteiger charge is 2.31. The second kappa shape index (κ2) is 9.11. The predicted octanol–water partition coefficient (Wildman–Crippen LogP) is 2.64. The second-order valence-corrected chi connectivity index (χ2v) is 4.78. The number of carbonyl (C=O) groups excluding carboxylic acids is 1. The summed E-state index contributed by atoms with van der Waals surface area (Å²) in [5.74, 6) is -1.99. The molecule has 9 heteroatoms. The molecule has 134 valence electrons. The van der Waals surface area contributed by atoms with Crippen LogP contribution in [0, 0.1) is 0 Å². The van der Waals surface area contributed by atoms with Crippen molar-refractivity contribution in [1.82, 2.24) is 5.32 Å². The minimum Gasteiger partial charge on any atom is -0.481 e. The van der Waals surface area contributed by atoms with Gasteiger partial charge in [0, 0.05) is 13.0 Å². The molecule has 0 radical (unpaired) electrons. The zero-order valence-electron chi connectivity index (χ0n) is 12.9. The van der Waals surface area contributed by atoms with Crippen LogP contribution in [0.1, 0.15) is 31.4 Å². The molecule has 0 heterocycles. The van der Waals surface area contributed by atoms with Crippen LogP contribution >= 0.6 is 0 Å². The SMILES string of the molecule is CCOCCC(=O)NC(CC(=O)O)c1ccc(OC(F)(F)F)cc1. The van der Waals surface area contributed by atoms with E-state index in [-0.39, 0.29) is 13.0 Å². The van der Waals surface area contributed by atoms with Gasteiger partial charge in [-0.2, -0.15) is 0 Å². The normalized spacial score (nSPS) is 12.5. The maximum atomic E-state index is 12.1. The number of halogens is 3. The van der Waals surface area contributed by atoms with E-state index in [1.165, 1.54) is 12.1 Å². The number of nitrogens with one attached hydrogen (secondary N) is 1. The lowest BCUT2D eigenvalue weighted by molar-refractivity contribution is -0.274. The Balaban J connectivity index is 2.76. The first-order chi connectivity index (χ1) is 11.2. The highest BCUT2D eigenvalue weighted by molar-refractivity contribution is 5.77. The van der Waals surface area contributed by atoms with Crippen LogP contribution < -0.4 is 10.1 Å². The Morgan fingerprint density at radius 1 is 1.25 bits per heavy atom. The van der Waals surface area contributed by atoms with E-state index in [1.54, 1.807) is 6.92 Å².